The quantitative estimate of drug-likeness (QED) is 0.807. The van der Waals surface area contributed by atoms with Gasteiger partial charge in [0.15, 0.2) is 0 Å². The van der Waals surface area contributed by atoms with Gasteiger partial charge in [-0.1, -0.05) is 39.0 Å². The maximum Gasteiger partial charge on any atom is 0.261 e. The Balaban J connectivity index is 1.93. The van der Waals surface area contributed by atoms with Gasteiger partial charge in [0.2, 0.25) is 0 Å². The van der Waals surface area contributed by atoms with Gasteiger partial charge in [-0.2, -0.15) is 0 Å². The molecule has 2 aromatic carbocycles. The number of methoxy groups -OCH3 is 1. The number of rotatable bonds is 3. The van der Waals surface area contributed by atoms with Crippen LogP contribution in [-0.4, -0.2) is 23.8 Å². The fourth-order valence-electron chi connectivity index (χ4n) is 3.00. The van der Waals surface area contributed by atoms with E-state index in [2.05, 4.69) is 20.8 Å². The van der Waals surface area contributed by atoms with Crippen LogP contribution >= 0.6 is 0 Å². The number of carbonyl (C=O) groups is 2. The molecular weight excluding hydrogens is 302 g/mol. The van der Waals surface area contributed by atoms with Gasteiger partial charge in [0.25, 0.3) is 11.8 Å². The topological polar surface area (TPSA) is 46.6 Å². The zero-order chi connectivity index (χ0) is 17.5. The summed E-state index contributed by atoms with van der Waals surface area (Å²) < 4.78 is 5.44. The van der Waals surface area contributed by atoms with Crippen LogP contribution in [0.2, 0.25) is 0 Å². The van der Waals surface area contributed by atoms with Crippen LogP contribution in [0.5, 0.6) is 5.75 Å². The molecule has 0 bridgehead atoms. The van der Waals surface area contributed by atoms with E-state index in [1.807, 2.05) is 18.2 Å². The molecule has 0 aliphatic carbocycles. The second-order valence-electron chi connectivity index (χ2n) is 7.03. The van der Waals surface area contributed by atoms with Crippen molar-refractivity contribution in [2.75, 3.05) is 7.11 Å². The number of hydrogen-bond donors (Lipinski definition) is 0. The van der Waals surface area contributed by atoms with E-state index in [1.54, 1.807) is 31.4 Å². The number of imide groups is 1. The molecule has 4 nitrogen and oxygen atoms in total. The Morgan fingerprint density at radius 3 is 2.04 bits per heavy atom. The third-order valence-electron chi connectivity index (χ3n) is 4.29. The molecule has 1 aliphatic rings. The van der Waals surface area contributed by atoms with Crippen molar-refractivity contribution in [3.05, 3.63) is 64.7 Å². The smallest absolute Gasteiger partial charge is 0.261 e. The van der Waals surface area contributed by atoms with Crippen LogP contribution in [0.4, 0.5) is 0 Å². The van der Waals surface area contributed by atoms with Crippen molar-refractivity contribution >= 4 is 11.8 Å². The zero-order valence-electron chi connectivity index (χ0n) is 14.4. The molecule has 0 unspecified atom stereocenters. The Labute approximate surface area is 142 Å². The maximum absolute atomic E-state index is 12.5. The van der Waals surface area contributed by atoms with Crippen molar-refractivity contribution in [3.63, 3.8) is 0 Å². The number of ether oxygens (including phenoxy) is 1. The van der Waals surface area contributed by atoms with E-state index in [0.717, 1.165) is 16.9 Å². The Kier molecular flexibility index (Phi) is 3.91. The molecule has 1 heterocycles. The molecular formula is C20H21NO3. The van der Waals surface area contributed by atoms with Crippen LogP contribution in [0.3, 0.4) is 0 Å². The first-order chi connectivity index (χ1) is 11.3. The van der Waals surface area contributed by atoms with Gasteiger partial charge in [0.1, 0.15) is 5.75 Å². The summed E-state index contributed by atoms with van der Waals surface area (Å²) in [7, 11) is 1.65. The Morgan fingerprint density at radius 2 is 1.54 bits per heavy atom. The largest absolute Gasteiger partial charge is 0.496 e. The summed E-state index contributed by atoms with van der Waals surface area (Å²) in [5.41, 5.74) is 2.83. The summed E-state index contributed by atoms with van der Waals surface area (Å²) in [6.07, 6.45) is 0. The lowest BCUT2D eigenvalue weighted by Gasteiger charge is -2.23. The molecule has 3 rings (SSSR count). The summed E-state index contributed by atoms with van der Waals surface area (Å²) in [4.78, 5) is 26.3. The molecule has 0 spiro atoms. The van der Waals surface area contributed by atoms with Gasteiger partial charge in [-0.3, -0.25) is 14.5 Å². The molecule has 0 fully saturated rings. The van der Waals surface area contributed by atoms with Crippen LogP contribution < -0.4 is 4.74 Å². The van der Waals surface area contributed by atoms with E-state index in [9.17, 15) is 9.59 Å². The van der Waals surface area contributed by atoms with Gasteiger partial charge >= 0.3 is 0 Å². The number of benzene rings is 2. The molecule has 1 aliphatic heterocycles. The number of hydrogen-bond acceptors (Lipinski definition) is 3. The van der Waals surface area contributed by atoms with E-state index < -0.39 is 0 Å². The van der Waals surface area contributed by atoms with Crippen LogP contribution in [-0.2, 0) is 12.0 Å². The SMILES string of the molecule is COc1ccc(CN2C(=O)c3ccccc3C2=O)cc1C(C)(C)C. The van der Waals surface area contributed by atoms with Crippen molar-refractivity contribution in [2.45, 2.75) is 32.7 Å². The molecule has 124 valence electrons. The fraction of sp³-hybridized carbons (Fsp3) is 0.300. The average molecular weight is 323 g/mol. The molecule has 0 saturated heterocycles. The van der Waals surface area contributed by atoms with E-state index >= 15 is 0 Å². The normalized spacial score (nSPS) is 14.1. The Hall–Kier alpha value is -2.62. The summed E-state index contributed by atoms with van der Waals surface area (Å²) in [6, 6.07) is 12.8. The van der Waals surface area contributed by atoms with E-state index in [0.29, 0.717) is 11.1 Å². The van der Waals surface area contributed by atoms with Gasteiger partial charge < -0.3 is 4.74 Å². The fourth-order valence-corrected chi connectivity index (χ4v) is 3.00. The lowest BCUT2D eigenvalue weighted by Crippen LogP contribution is -2.29. The highest BCUT2D eigenvalue weighted by Crippen LogP contribution is 2.33. The highest BCUT2D eigenvalue weighted by molar-refractivity contribution is 6.21. The van der Waals surface area contributed by atoms with E-state index in [1.165, 1.54) is 4.90 Å². The number of fused-ring (bicyclic) bond motifs is 1. The van der Waals surface area contributed by atoms with Crippen LogP contribution in [0.25, 0.3) is 0 Å². The number of nitrogens with zero attached hydrogens (tertiary/aromatic N) is 1. The number of carbonyl (C=O) groups excluding carboxylic acids is 2. The predicted molar refractivity (Wildman–Crippen MR) is 92.3 cm³/mol. The maximum atomic E-state index is 12.5. The van der Waals surface area contributed by atoms with Crippen molar-refractivity contribution in [1.82, 2.24) is 4.90 Å². The van der Waals surface area contributed by atoms with Crippen molar-refractivity contribution in [3.8, 4) is 5.75 Å². The van der Waals surface area contributed by atoms with Crippen molar-refractivity contribution in [1.29, 1.82) is 0 Å². The standard InChI is InChI=1S/C20H21NO3/c1-20(2,3)16-11-13(9-10-17(16)24-4)12-21-18(22)14-7-5-6-8-15(14)19(21)23/h5-11H,12H2,1-4H3. The molecule has 0 atom stereocenters. The van der Waals surface area contributed by atoms with Crippen LogP contribution in [0.15, 0.2) is 42.5 Å². The minimum Gasteiger partial charge on any atom is -0.496 e. The van der Waals surface area contributed by atoms with Crippen molar-refractivity contribution < 1.29 is 14.3 Å². The Morgan fingerprint density at radius 1 is 0.958 bits per heavy atom. The second-order valence-corrected chi connectivity index (χ2v) is 7.03. The molecule has 0 radical (unpaired) electrons. The van der Waals surface area contributed by atoms with Gasteiger partial charge in [-0.25, -0.2) is 0 Å². The summed E-state index contributed by atoms with van der Waals surface area (Å²) in [6.45, 7) is 6.59. The van der Waals surface area contributed by atoms with Crippen LogP contribution in [0, 0.1) is 0 Å². The zero-order valence-corrected chi connectivity index (χ0v) is 14.4. The van der Waals surface area contributed by atoms with Gasteiger partial charge in [0.05, 0.1) is 24.8 Å². The van der Waals surface area contributed by atoms with Crippen LogP contribution in [0.1, 0.15) is 52.6 Å². The third kappa shape index (κ3) is 2.68. The molecule has 2 aromatic rings. The summed E-state index contributed by atoms with van der Waals surface area (Å²) >= 11 is 0. The highest BCUT2D eigenvalue weighted by Gasteiger charge is 2.35. The predicted octanol–water partition coefficient (Wildman–Crippen LogP) is 3.79. The Bertz CT molecular complexity index is 783. The average Bonchev–Trinajstić information content (AvgIpc) is 2.79. The molecule has 4 heteroatoms. The summed E-state index contributed by atoms with van der Waals surface area (Å²) in [5, 5.41) is 0. The van der Waals surface area contributed by atoms with Crippen molar-refractivity contribution in [2.24, 2.45) is 0 Å². The first-order valence-corrected chi connectivity index (χ1v) is 7.95. The van der Waals surface area contributed by atoms with Gasteiger partial charge in [-0.15, -0.1) is 0 Å². The molecule has 0 aromatic heterocycles. The van der Waals surface area contributed by atoms with E-state index in [-0.39, 0.29) is 23.8 Å². The molecule has 0 N–H and O–H groups in total. The minimum atomic E-state index is -0.233. The molecule has 2 amide bonds. The highest BCUT2D eigenvalue weighted by atomic mass is 16.5. The minimum absolute atomic E-state index is 0.0939. The second kappa shape index (κ2) is 5.78. The third-order valence-corrected chi connectivity index (χ3v) is 4.29. The monoisotopic (exact) mass is 323 g/mol. The number of amides is 2. The molecule has 24 heavy (non-hydrogen) atoms. The summed E-state index contributed by atoms with van der Waals surface area (Å²) in [5.74, 6) is 0.348. The van der Waals surface area contributed by atoms with E-state index in [4.69, 9.17) is 4.74 Å². The van der Waals surface area contributed by atoms with Gasteiger partial charge in [-0.05, 0) is 40.8 Å². The lowest BCUT2D eigenvalue weighted by atomic mass is 9.85. The first kappa shape index (κ1) is 16.2. The lowest BCUT2D eigenvalue weighted by molar-refractivity contribution is 0.0642. The molecule has 0 saturated carbocycles. The van der Waals surface area contributed by atoms with Gasteiger partial charge in [0, 0.05) is 0 Å². The first-order valence-electron chi connectivity index (χ1n) is 7.95.